The van der Waals surface area contributed by atoms with Gasteiger partial charge in [0.1, 0.15) is 0 Å². The Hall–Kier alpha value is -1.56. The van der Waals surface area contributed by atoms with Crippen LogP contribution in [0.2, 0.25) is 0 Å². The fourth-order valence-corrected chi connectivity index (χ4v) is 4.33. The normalized spacial score (nSPS) is 15.6. The molecule has 128 valence electrons. The smallest absolute Gasteiger partial charge is 0.00203 e. The number of aryl methyl sites for hydroxylation is 1. The molecule has 0 spiro atoms. The second-order valence-corrected chi connectivity index (χ2v) is 7.52. The minimum atomic E-state index is 0.800. The van der Waals surface area contributed by atoms with E-state index >= 15 is 0 Å². The highest BCUT2D eigenvalue weighted by molar-refractivity contribution is 5.45. The molecule has 0 heteroatoms. The number of rotatable bonds is 6. The maximum atomic E-state index is 2.46. The predicted octanol–water partition coefficient (Wildman–Crippen LogP) is 6.98. The Morgan fingerprint density at radius 1 is 0.917 bits per heavy atom. The van der Waals surface area contributed by atoms with Gasteiger partial charge in [0.15, 0.2) is 0 Å². The summed E-state index contributed by atoms with van der Waals surface area (Å²) in [5, 5.41) is 0. The van der Waals surface area contributed by atoms with Crippen molar-refractivity contribution in [1.29, 1.82) is 0 Å². The third-order valence-electron chi connectivity index (χ3n) is 5.81. The van der Waals surface area contributed by atoms with E-state index in [1.54, 1.807) is 22.3 Å². The molecule has 0 aliphatic heterocycles. The fourth-order valence-electron chi connectivity index (χ4n) is 4.33. The number of unbranched alkanes of at least 4 members (excludes halogenated alkanes) is 1. The Morgan fingerprint density at radius 2 is 1.67 bits per heavy atom. The van der Waals surface area contributed by atoms with Crippen LogP contribution in [0.4, 0.5) is 0 Å². The van der Waals surface area contributed by atoms with Gasteiger partial charge in [-0.25, -0.2) is 0 Å². The van der Waals surface area contributed by atoms with E-state index in [0.717, 1.165) is 12.3 Å². The van der Waals surface area contributed by atoms with E-state index in [4.69, 9.17) is 0 Å². The molecule has 1 aliphatic carbocycles. The van der Waals surface area contributed by atoms with Gasteiger partial charge in [-0.15, -0.1) is 0 Å². The first kappa shape index (κ1) is 17.3. The molecule has 0 nitrogen and oxygen atoms in total. The minimum Gasteiger partial charge on any atom is -0.0654 e. The van der Waals surface area contributed by atoms with E-state index in [2.05, 4.69) is 56.3 Å². The third-order valence-corrected chi connectivity index (χ3v) is 5.81. The molecule has 0 N–H and O–H groups in total. The summed E-state index contributed by atoms with van der Waals surface area (Å²) < 4.78 is 0. The molecule has 0 atom stereocenters. The van der Waals surface area contributed by atoms with Crippen molar-refractivity contribution in [2.24, 2.45) is 0 Å². The van der Waals surface area contributed by atoms with Crippen LogP contribution >= 0.6 is 0 Å². The molecule has 0 aromatic heterocycles. The van der Waals surface area contributed by atoms with Crippen LogP contribution in [0.3, 0.4) is 0 Å². The van der Waals surface area contributed by atoms with E-state index in [1.807, 2.05) is 0 Å². The van der Waals surface area contributed by atoms with Gasteiger partial charge >= 0.3 is 0 Å². The molecule has 0 bridgehead atoms. The monoisotopic (exact) mass is 320 g/mol. The maximum Gasteiger partial charge on any atom is -0.00203 e. The van der Waals surface area contributed by atoms with Crippen molar-refractivity contribution in [3.05, 3.63) is 70.3 Å². The Bertz CT molecular complexity index is 633. The zero-order chi connectivity index (χ0) is 16.8. The van der Waals surface area contributed by atoms with E-state index in [0.29, 0.717) is 0 Å². The van der Waals surface area contributed by atoms with Crippen LogP contribution in [-0.2, 0) is 12.8 Å². The lowest BCUT2D eigenvalue weighted by Crippen LogP contribution is -2.09. The summed E-state index contributed by atoms with van der Waals surface area (Å²) in [6.45, 7) is 4.68. The number of hydrogen-bond acceptors (Lipinski definition) is 0. The molecule has 2 aromatic rings. The largest absolute Gasteiger partial charge is 0.0654 e. The molecule has 0 saturated heterocycles. The van der Waals surface area contributed by atoms with Crippen LogP contribution in [0, 0.1) is 6.92 Å². The van der Waals surface area contributed by atoms with Crippen molar-refractivity contribution < 1.29 is 0 Å². The molecule has 24 heavy (non-hydrogen) atoms. The highest BCUT2D eigenvalue weighted by Gasteiger charge is 2.20. The molecule has 1 aliphatic rings. The lowest BCUT2D eigenvalue weighted by Gasteiger charge is -2.26. The topological polar surface area (TPSA) is 0 Å². The standard InChI is InChI=1S/C24H32/c1-3-4-13-22-16-17-23(21-14-9-6-10-15-21)19(2)24(22)18-20-11-7-5-8-12-20/h5,7-8,11-12,16-17,21H,3-4,6,9-10,13-15,18H2,1-2H3. The van der Waals surface area contributed by atoms with Gasteiger partial charge in [-0.1, -0.05) is 75.1 Å². The van der Waals surface area contributed by atoms with Gasteiger partial charge < -0.3 is 0 Å². The Kier molecular flexibility index (Phi) is 6.12. The quantitative estimate of drug-likeness (QED) is 0.539. The van der Waals surface area contributed by atoms with Crippen LogP contribution < -0.4 is 0 Å². The SMILES string of the molecule is CCCCc1ccc(C2CCCCC2)c(C)c1Cc1ccccc1. The number of hydrogen-bond donors (Lipinski definition) is 0. The molecule has 0 heterocycles. The van der Waals surface area contributed by atoms with Crippen LogP contribution in [0.1, 0.15) is 85.6 Å². The zero-order valence-corrected chi connectivity index (χ0v) is 15.5. The summed E-state index contributed by atoms with van der Waals surface area (Å²) in [6.07, 6.45) is 11.9. The summed E-state index contributed by atoms with van der Waals surface area (Å²) in [7, 11) is 0. The molecule has 0 radical (unpaired) electrons. The fraction of sp³-hybridized carbons (Fsp3) is 0.500. The first-order valence-corrected chi connectivity index (χ1v) is 9.94. The molecule has 0 unspecified atom stereocenters. The first-order valence-electron chi connectivity index (χ1n) is 9.94. The summed E-state index contributed by atoms with van der Waals surface area (Å²) in [5.41, 5.74) is 7.86. The van der Waals surface area contributed by atoms with E-state index in [-0.39, 0.29) is 0 Å². The molecule has 0 amide bonds. The minimum absolute atomic E-state index is 0.800. The van der Waals surface area contributed by atoms with Gasteiger partial charge in [0.05, 0.1) is 0 Å². The zero-order valence-electron chi connectivity index (χ0n) is 15.5. The van der Waals surface area contributed by atoms with E-state index in [1.165, 1.54) is 56.9 Å². The molecule has 1 fully saturated rings. The first-order chi connectivity index (χ1) is 11.8. The van der Waals surface area contributed by atoms with Gasteiger partial charge in [0, 0.05) is 0 Å². The molecule has 3 rings (SSSR count). The number of benzene rings is 2. The highest BCUT2D eigenvalue weighted by Crippen LogP contribution is 2.36. The maximum absolute atomic E-state index is 2.46. The molecule has 2 aromatic carbocycles. The molecular weight excluding hydrogens is 288 g/mol. The van der Waals surface area contributed by atoms with Crippen LogP contribution in [0.5, 0.6) is 0 Å². The average Bonchev–Trinajstić information content (AvgIpc) is 2.64. The summed E-state index contributed by atoms with van der Waals surface area (Å²) in [6, 6.07) is 15.9. The van der Waals surface area contributed by atoms with Crippen LogP contribution in [0.25, 0.3) is 0 Å². The summed E-state index contributed by atoms with van der Waals surface area (Å²) in [5.74, 6) is 0.800. The van der Waals surface area contributed by atoms with E-state index in [9.17, 15) is 0 Å². The van der Waals surface area contributed by atoms with Crippen molar-refractivity contribution in [2.75, 3.05) is 0 Å². The second-order valence-electron chi connectivity index (χ2n) is 7.52. The van der Waals surface area contributed by atoms with Crippen molar-refractivity contribution in [2.45, 2.75) is 77.6 Å². The van der Waals surface area contributed by atoms with Gasteiger partial charge in [0.2, 0.25) is 0 Å². The molecular formula is C24H32. The third kappa shape index (κ3) is 4.09. The van der Waals surface area contributed by atoms with Crippen molar-refractivity contribution in [1.82, 2.24) is 0 Å². The molecule has 1 saturated carbocycles. The van der Waals surface area contributed by atoms with Gasteiger partial charge in [0.25, 0.3) is 0 Å². The summed E-state index contributed by atoms with van der Waals surface area (Å²) >= 11 is 0. The van der Waals surface area contributed by atoms with Crippen LogP contribution in [0.15, 0.2) is 42.5 Å². The van der Waals surface area contributed by atoms with Crippen LogP contribution in [-0.4, -0.2) is 0 Å². The van der Waals surface area contributed by atoms with Crippen molar-refractivity contribution in [3.8, 4) is 0 Å². The van der Waals surface area contributed by atoms with Gasteiger partial charge in [-0.2, -0.15) is 0 Å². The average molecular weight is 321 g/mol. The summed E-state index contributed by atoms with van der Waals surface area (Å²) in [4.78, 5) is 0. The predicted molar refractivity (Wildman–Crippen MR) is 105 cm³/mol. The Balaban J connectivity index is 1.94. The van der Waals surface area contributed by atoms with E-state index < -0.39 is 0 Å². The lowest BCUT2D eigenvalue weighted by molar-refractivity contribution is 0.442. The Morgan fingerprint density at radius 3 is 2.38 bits per heavy atom. The van der Waals surface area contributed by atoms with Gasteiger partial charge in [-0.3, -0.25) is 0 Å². The highest BCUT2D eigenvalue weighted by atomic mass is 14.2. The Labute approximate surface area is 148 Å². The second kappa shape index (κ2) is 8.51. The lowest BCUT2D eigenvalue weighted by atomic mass is 9.79. The van der Waals surface area contributed by atoms with Crippen molar-refractivity contribution >= 4 is 0 Å². The van der Waals surface area contributed by atoms with Crippen molar-refractivity contribution in [3.63, 3.8) is 0 Å². The van der Waals surface area contributed by atoms with Gasteiger partial charge in [-0.05, 0) is 72.8 Å².